The fraction of sp³-hybridized carbons (Fsp3) is 0.0682. The second-order valence-corrected chi connectivity index (χ2v) is 12.5. The first-order valence-corrected chi connectivity index (χ1v) is 17.4. The van der Waals surface area contributed by atoms with Crippen LogP contribution in [0.4, 0.5) is 5.69 Å². The largest absolute Gasteiger partial charge is 0.478 e. The van der Waals surface area contributed by atoms with Crippen LogP contribution in [0.25, 0.3) is 11.1 Å². The van der Waals surface area contributed by atoms with Crippen molar-refractivity contribution >= 4 is 35.5 Å². The van der Waals surface area contributed by atoms with Crippen molar-refractivity contribution < 1.29 is 58.3 Å². The third-order valence-corrected chi connectivity index (χ3v) is 8.90. The first-order valence-electron chi connectivity index (χ1n) is 17.4. The minimum atomic E-state index is -1.32. The van der Waals surface area contributed by atoms with E-state index in [-0.39, 0.29) is 33.4 Å². The maximum Gasteiger partial charge on any atom is 0.337 e. The first kappa shape index (κ1) is 39.9. The van der Waals surface area contributed by atoms with Crippen molar-refractivity contribution in [2.24, 2.45) is 0 Å². The molecule has 58 heavy (non-hydrogen) atoms. The Labute approximate surface area is 330 Å². The molecule has 0 bridgehead atoms. The molecule has 6 aromatic carbocycles. The molecule has 0 aliphatic rings. The van der Waals surface area contributed by atoms with Gasteiger partial charge in [0.15, 0.2) is 0 Å². The number of ether oxygens (including phenoxy) is 4. The molecule has 0 aliphatic carbocycles. The van der Waals surface area contributed by atoms with Crippen molar-refractivity contribution in [3.63, 3.8) is 0 Å². The summed E-state index contributed by atoms with van der Waals surface area (Å²) in [7, 11) is 2.40. The average molecular weight is 783 g/mol. The molecule has 14 heteroatoms. The Morgan fingerprint density at radius 2 is 0.948 bits per heavy atom. The van der Waals surface area contributed by atoms with E-state index in [0.29, 0.717) is 34.2 Å². The third-order valence-electron chi connectivity index (χ3n) is 8.90. The molecule has 0 aliphatic heterocycles. The number of carbonyl (C=O) groups excluding carboxylic acids is 3. The summed E-state index contributed by atoms with van der Waals surface area (Å²) in [5.74, 6) is -2.52. The van der Waals surface area contributed by atoms with Gasteiger partial charge >= 0.3 is 23.9 Å². The number of hydrogen-bond acceptors (Lipinski definition) is 11. The lowest BCUT2D eigenvalue weighted by Crippen LogP contribution is -2.22. The van der Waals surface area contributed by atoms with E-state index in [1.54, 1.807) is 60.7 Å². The average Bonchev–Trinajstić information content (AvgIpc) is 3.24. The highest BCUT2D eigenvalue weighted by atomic mass is 16.5. The number of benzene rings is 6. The fourth-order valence-corrected chi connectivity index (χ4v) is 5.96. The van der Waals surface area contributed by atoms with Crippen molar-refractivity contribution in [2.75, 3.05) is 19.5 Å². The summed E-state index contributed by atoms with van der Waals surface area (Å²) in [5.41, 5.74) is 4.64. The molecule has 0 saturated carbocycles. The SMILES string of the molecule is COC(=O)c1ccc(C(=O)O)c(C(=O)Nc2ccc(Oc3ccc(-c4ccc(Oc5ccc(C(NO)c6cc(C(=O)OC)ccc6C(=O)O)cc5)cc4)cc3)cc2)c1. The van der Waals surface area contributed by atoms with Gasteiger partial charge in [0.2, 0.25) is 0 Å². The van der Waals surface area contributed by atoms with Crippen LogP contribution >= 0.6 is 0 Å². The van der Waals surface area contributed by atoms with Crippen LogP contribution in [0, 0.1) is 0 Å². The van der Waals surface area contributed by atoms with Crippen LogP contribution in [0.1, 0.15) is 69.0 Å². The van der Waals surface area contributed by atoms with Crippen molar-refractivity contribution in [3.05, 3.63) is 172 Å². The van der Waals surface area contributed by atoms with Gasteiger partial charge in [0.25, 0.3) is 5.91 Å². The highest BCUT2D eigenvalue weighted by molar-refractivity contribution is 6.12. The first-order chi connectivity index (χ1) is 28.0. The lowest BCUT2D eigenvalue weighted by molar-refractivity contribution is 0.0591. The number of nitrogens with one attached hydrogen (secondary N) is 2. The highest BCUT2D eigenvalue weighted by Crippen LogP contribution is 2.32. The normalized spacial score (nSPS) is 11.2. The zero-order chi connectivity index (χ0) is 41.3. The van der Waals surface area contributed by atoms with Gasteiger partial charge in [-0.2, -0.15) is 5.48 Å². The molecule has 0 spiro atoms. The van der Waals surface area contributed by atoms with Gasteiger partial charge in [-0.05, 0) is 119 Å². The maximum absolute atomic E-state index is 13.0. The zero-order valence-corrected chi connectivity index (χ0v) is 30.8. The molecule has 1 amide bonds. The van der Waals surface area contributed by atoms with Gasteiger partial charge in [0.05, 0.1) is 48.1 Å². The second kappa shape index (κ2) is 17.8. The van der Waals surface area contributed by atoms with E-state index in [1.165, 1.54) is 50.6 Å². The molecule has 1 atom stereocenters. The lowest BCUT2D eigenvalue weighted by atomic mass is 9.93. The molecule has 6 aromatic rings. The summed E-state index contributed by atoms with van der Waals surface area (Å²) in [6.07, 6.45) is 0. The number of anilines is 1. The smallest absolute Gasteiger partial charge is 0.337 e. The number of carboxylic acid groups (broad SMARTS) is 2. The minimum absolute atomic E-state index is 0.0371. The Morgan fingerprint density at radius 1 is 0.517 bits per heavy atom. The van der Waals surface area contributed by atoms with Gasteiger partial charge in [-0.3, -0.25) is 4.79 Å². The van der Waals surface area contributed by atoms with Gasteiger partial charge in [-0.15, -0.1) is 0 Å². The van der Waals surface area contributed by atoms with E-state index in [9.17, 15) is 39.4 Å². The van der Waals surface area contributed by atoms with Crippen LogP contribution < -0.4 is 20.3 Å². The topological polar surface area (TPSA) is 207 Å². The lowest BCUT2D eigenvalue weighted by Gasteiger charge is -2.19. The number of rotatable bonds is 14. The predicted octanol–water partition coefficient (Wildman–Crippen LogP) is 8.23. The number of methoxy groups -OCH3 is 2. The van der Waals surface area contributed by atoms with Gasteiger partial charge in [-0.25, -0.2) is 19.2 Å². The molecule has 14 nitrogen and oxygen atoms in total. The molecule has 6 rings (SSSR count). The standard InChI is InChI=1S/C44H34N2O12/c1-55-43(52)28-9-21-35(41(48)49)37(23-28)39(46-54)27-7-17-33(18-8-27)57-31-13-3-25(4-14-31)26-5-15-32(16-6-26)58-34-19-11-30(12-20-34)45-40(47)38-24-29(44(53)56-2)10-22-36(38)42(50)51/h3-24,39,46,54H,1-2H3,(H,45,47)(H,48,49)(H,50,51). The van der Waals surface area contributed by atoms with Gasteiger partial charge in [0.1, 0.15) is 23.0 Å². The van der Waals surface area contributed by atoms with E-state index >= 15 is 0 Å². The summed E-state index contributed by atoms with van der Waals surface area (Å²) in [6.45, 7) is 0. The number of hydrogen-bond donors (Lipinski definition) is 5. The number of hydroxylamine groups is 1. The van der Waals surface area contributed by atoms with Crippen LogP contribution in [-0.2, 0) is 9.47 Å². The number of carboxylic acids is 2. The van der Waals surface area contributed by atoms with Crippen LogP contribution in [0.5, 0.6) is 23.0 Å². The Bertz CT molecular complexity index is 2480. The molecule has 0 aromatic heterocycles. The second-order valence-electron chi connectivity index (χ2n) is 12.5. The quantitative estimate of drug-likeness (QED) is 0.0522. The predicted molar refractivity (Wildman–Crippen MR) is 209 cm³/mol. The summed E-state index contributed by atoms with van der Waals surface area (Å²) in [6, 6.07) is 34.6. The van der Waals surface area contributed by atoms with E-state index in [4.69, 9.17) is 14.2 Å². The van der Waals surface area contributed by atoms with E-state index in [2.05, 4.69) is 15.5 Å². The van der Waals surface area contributed by atoms with Gasteiger partial charge < -0.3 is 39.7 Å². The molecule has 5 N–H and O–H groups in total. The molecular formula is C44H34N2O12. The maximum atomic E-state index is 13.0. The minimum Gasteiger partial charge on any atom is -0.478 e. The van der Waals surface area contributed by atoms with Crippen LogP contribution in [0.2, 0.25) is 0 Å². The van der Waals surface area contributed by atoms with Crippen molar-refractivity contribution in [2.45, 2.75) is 6.04 Å². The Hall–Kier alpha value is -7.81. The van der Waals surface area contributed by atoms with Crippen molar-refractivity contribution in [1.82, 2.24) is 5.48 Å². The summed E-state index contributed by atoms with van der Waals surface area (Å²) in [5, 5.41) is 31.9. The van der Waals surface area contributed by atoms with E-state index in [1.807, 2.05) is 36.4 Å². The molecule has 0 fully saturated rings. The van der Waals surface area contributed by atoms with Crippen LogP contribution in [0.15, 0.2) is 133 Å². The molecule has 292 valence electrons. The molecule has 1 unspecified atom stereocenters. The van der Waals surface area contributed by atoms with Crippen molar-refractivity contribution in [1.29, 1.82) is 0 Å². The van der Waals surface area contributed by atoms with Crippen molar-refractivity contribution in [3.8, 4) is 34.1 Å². The Morgan fingerprint density at radius 3 is 1.40 bits per heavy atom. The number of esters is 2. The van der Waals surface area contributed by atoms with Gasteiger partial charge in [-0.1, -0.05) is 36.4 Å². The summed E-state index contributed by atoms with van der Waals surface area (Å²) < 4.78 is 21.4. The number of carbonyl (C=O) groups is 5. The van der Waals surface area contributed by atoms with Crippen LogP contribution in [-0.4, -0.2) is 59.4 Å². The monoisotopic (exact) mass is 782 g/mol. The highest BCUT2D eigenvalue weighted by Gasteiger charge is 2.23. The van der Waals surface area contributed by atoms with E-state index < -0.39 is 35.8 Å². The fourth-order valence-electron chi connectivity index (χ4n) is 5.96. The van der Waals surface area contributed by atoms with Gasteiger partial charge in [0, 0.05) is 5.69 Å². The zero-order valence-electron chi connectivity index (χ0n) is 30.8. The Kier molecular flexibility index (Phi) is 12.2. The van der Waals surface area contributed by atoms with Crippen LogP contribution in [0.3, 0.4) is 0 Å². The molecule has 0 saturated heterocycles. The van der Waals surface area contributed by atoms with E-state index in [0.717, 1.165) is 11.1 Å². The third kappa shape index (κ3) is 9.17. The molecule has 0 heterocycles. The summed E-state index contributed by atoms with van der Waals surface area (Å²) in [4.78, 5) is 60.6. The molecular weight excluding hydrogens is 748 g/mol. The number of aromatic carboxylic acids is 2. The number of amides is 1. The summed E-state index contributed by atoms with van der Waals surface area (Å²) >= 11 is 0. The Balaban J connectivity index is 1.06. The molecule has 0 radical (unpaired) electrons.